The normalized spacial score (nSPS) is 12.3. The summed E-state index contributed by atoms with van der Waals surface area (Å²) in [7, 11) is 1.98. The topological polar surface area (TPSA) is 58.7 Å². The lowest BCUT2D eigenvalue weighted by Crippen LogP contribution is -2.32. The van der Waals surface area contributed by atoms with E-state index in [0.29, 0.717) is 18.0 Å². The van der Waals surface area contributed by atoms with E-state index in [-0.39, 0.29) is 6.61 Å². The van der Waals surface area contributed by atoms with Crippen LogP contribution < -0.4 is 10.5 Å². The van der Waals surface area contributed by atoms with Crippen molar-refractivity contribution in [2.24, 2.45) is 0 Å². The van der Waals surface area contributed by atoms with Crippen LogP contribution in [0.15, 0.2) is 54.6 Å². The summed E-state index contributed by atoms with van der Waals surface area (Å²) < 4.78 is 5.54. The zero-order valence-electron chi connectivity index (χ0n) is 12.3. The Labute approximate surface area is 125 Å². The van der Waals surface area contributed by atoms with Gasteiger partial charge in [0.1, 0.15) is 18.5 Å². The summed E-state index contributed by atoms with van der Waals surface area (Å²) >= 11 is 0. The highest BCUT2D eigenvalue weighted by Crippen LogP contribution is 2.14. The van der Waals surface area contributed by atoms with Crippen LogP contribution in [0.3, 0.4) is 0 Å². The number of likely N-dealkylation sites (N-methyl/N-ethyl adjacent to an activating group) is 1. The zero-order chi connectivity index (χ0) is 15.1. The van der Waals surface area contributed by atoms with Crippen molar-refractivity contribution in [3.05, 3.63) is 60.2 Å². The predicted octanol–water partition coefficient (Wildman–Crippen LogP) is 2.14. The summed E-state index contributed by atoms with van der Waals surface area (Å²) in [5, 5.41) is 10.0. The van der Waals surface area contributed by atoms with Crippen LogP contribution in [0.1, 0.15) is 5.56 Å². The van der Waals surface area contributed by atoms with Gasteiger partial charge in [-0.05, 0) is 24.7 Å². The fourth-order valence-electron chi connectivity index (χ4n) is 2.17. The number of aliphatic hydroxyl groups is 1. The van der Waals surface area contributed by atoms with Gasteiger partial charge in [0.05, 0.1) is 0 Å². The lowest BCUT2D eigenvalue weighted by atomic mass is 10.2. The minimum absolute atomic E-state index is 0.253. The minimum Gasteiger partial charge on any atom is -0.491 e. The molecule has 1 unspecified atom stereocenters. The van der Waals surface area contributed by atoms with Gasteiger partial charge in [-0.2, -0.15) is 0 Å². The van der Waals surface area contributed by atoms with Gasteiger partial charge in [0, 0.05) is 24.8 Å². The van der Waals surface area contributed by atoms with E-state index in [9.17, 15) is 5.11 Å². The molecule has 2 aromatic rings. The van der Waals surface area contributed by atoms with Crippen molar-refractivity contribution in [1.82, 2.24) is 4.90 Å². The van der Waals surface area contributed by atoms with Gasteiger partial charge < -0.3 is 15.6 Å². The Morgan fingerprint density at radius 3 is 2.62 bits per heavy atom. The fraction of sp³-hybridized carbons (Fsp3) is 0.294. The van der Waals surface area contributed by atoms with Crippen molar-refractivity contribution in [3.63, 3.8) is 0 Å². The lowest BCUT2D eigenvalue weighted by Gasteiger charge is -2.21. The van der Waals surface area contributed by atoms with E-state index >= 15 is 0 Å². The number of ether oxygens (including phenoxy) is 1. The van der Waals surface area contributed by atoms with Crippen LogP contribution in [-0.4, -0.2) is 36.3 Å². The molecule has 0 amide bonds. The van der Waals surface area contributed by atoms with Gasteiger partial charge >= 0.3 is 0 Å². The first kappa shape index (κ1) is 15.4. The van der Waals surface area contributed by atoms with Crippen LogP contribution in [0.4, 0.5) is 5.69 Å². The predicted molar refractivity (Wildman–Crippen MR) is 85.1 cm³/mol. The third-order valence-electron chi connectivity index (χ3n) is 3.12. The monoisotopic (exact) mass is 286 g/mol. The van der Waals surface area contributed by atoms with Crippen LogP contribution in [0, 0.1) is 0 Å². The average molecular weight is 286 g/mol. The molecule has 0 heterocycles. The third kappa shape index (κ3) is 5.45. The summed E-state index contributed by atoms with van der Waals surface area (Å²) in [6, 6.07) is 17.4. The number of nitrogen functional groups attached to an aromatic ring is 1. The number of hydrogen-bond donors (Lipinski definition) is 2. The molecular formula is C17H22N2O2. The number of hydrogen-bond acceptors (Lipinski definition) is 4. The molecule has 0 aromatic heterocycles. The summed E-state index contributed by atoms with van der Waals surface area (Å²) in [6.45, 7) is 1.61. The molecule has 0 bridgehead atoms. The van der Waals surface area contributed by atoms with Gasteiger partial charge in [-0.15, -0.1) is 0 Å². The smallest absolute Gasteiger partial charge is 0.121 e. The van der Waals surface area contributed by atoms with Gasteiger partial charge in [0.25, 0.3) is 0 Å². The summed E-state index contributed by atoms with van der Waals surface area (Å²) in [5.74, 6) is 0.680. The van der Waals surface area contributed by atoms with Crippen LogP contribution in [0.5, 0.6) is 5.75 Å². The van der Waals surface area contributed by atoms with Crippen molar-refractivity contribution in [2.45, 2.75) is 12.6 Å². The first-order valence-corrected chi connectivity index (χ1v) is 7.02. The van der Waals surface area contributed by atoms with Crippen LogP contribution >= 0.6 is 0 Å². The standard InChI is InChI=1S/C17H22N2O2/c1-19(11-14-6-3-2-4-7-14)12-16(20)13-21-17-9-5-8-15(18)10-17/h2-10,16,20H,11-13,18H2,1H3. The number of nitrogens with two attached hydrogens (primary N) is 1. The Kier molecular flexibility index (Phi) is 5.60. The number of nitrogens with zero attached hydrogens (tertiary/aromatic N) is 1. The molecule has 0 saturated carbocycles. The molecule has 0 aliphatic carbocycles. The molecule has 21 heavy (non-hydrogen) atoms. The Morgan fingerprint density at radius 1 is 1.14 bits per heavy atom. The summed E-state index contributed by atoms with van der Waals surface area (Å²) in [4.78, 5) is 2.07. The molecule has 0 aliphatic rings. The summed E-state index contributed by atoms with van der Waals surface area (Å²) in [6.07, 6.45) is -0.542. The Hall–Kier alpha value is -2.04. The van der Waals surface area contributed by atoms with E-state index < -0.39 is 6.10 Å². The van der Waals surface area contributed by atoms with E-state index in [1.807, 2.05) is 37.4 Å². The first-order valence-electron chi connectivity index (χ1n) is 7.02. The van der Waals surface area contributed by atoms with Gasteiger partial charge in [-0.1, -0.05) is 36.4 Å². The molecule has 0 radical (unpaired) electrons. The van der Waals surface area contributed by atoms with Crippen LogP contribution in [-0.2, 0) is 6.54 Å². The number of rotatable bonds is 7. The van der Waals surface area contributed by atoms with E-state index in [0.717, 1.165) is 6.54 Å². The number of aliphatic hydroxyl groups excluding tert-OH is 1. The molecule has 0 saturated heterocycles. The van der Waals surface area contributed by atoms with Crippen molar-refractivity contribution >= 4 is 5.69 Å². The molecule has 1 atom stereocenters. The average Bonchev–Trinajstić information content (AvgIpc) is 2.46. The Bertz CT molecular complexity index is 545. The highest BCUT2D eigenvalue weighted by atomic mass is 16.5. The van der Waals surface area contributed by atoms with Crippen molar-refractivity contribution < 1.29 is 9.84 Å². The van der Waals surface area contributed by atoms with Crippen molar-refractivity contribution in [1.29, 1.82) is 0 Å². The molecule has 2 rings (SSSR count). The lowest BCUT2D eigenvalue weighted by molar-refractivity contribution is 0.0744. The Balaban J connectivity index is 1.75. The molecule has 0 spiro atoms. The highest BCUT2D eigenvalue weighted by Gasteiger charge is 2.09. The van der Waals surface area contributed by atoms with Crippen LogP contribution in [0.2, 0.25) is 0 Å². The van der Waals surface area contributed by atoms with Gasteiger partial charge in [0.2, 0.25) is 0 Å². The molecule has 0 aliphatic heterocycles. The van der Waals surface area contributed by atoms with Crippen molar-refractivity contribution in [2.75, 3.05) is 25.9 Å². The first-order chi connectivity index (χ1) is 10.1. The molecule has 4 heteroatoms. The van der Waals surface area contributed by atoms with Crippen LogP contribution in [0.25, 0.3) is 0 Å². The molecule has 112 valence electrons. The second kappa shape index (κ2) is 7.67. The second-order valence-corrected chi connectivity index (χ2v) is 5.22. The maximum absolute atomic E-state index is 10.0. The van der Waals surface area contributed by atoms with E-state index in [1.165, 1.54) is 5.56 Å². The van der Waals surface area contributed by atoms with Gasteiger partial charge in [0.15, 0.2) is 0 Å². The van der Waals surface area contributed by atoms with Gasteiger partial charge in [-0.25, -0.2) is 0 Å². The van der Waals surface area contributed by atoms with E-state index in [4.69, 9.17) is 10.5 Å². The quantitative estimate of drug-likeness (QED) is 0.766. The Morgan fingerprint density at radius 2 is 1.90 bits per heavy atom. The minimum atomic E-state index is -0.542. The van der Waals surface area contributed by atoms with E-state index in [2.05, 4.69) is 17.0 Å². The maximum atomic E-state index is 10.0. The van der Waals surface area contributed by atoms with Crippen molar-refractivity contribution in [3.8, 4) is 5.75 Å². The molecule has 3 N–H and O–H groups in total. The van der Waals surface area contributed by atoms with E-state index in [1.54, 1.807) is 12.1 Å². The molecule has 0 fully saturated rings. The highest BCUT2D eigenvalue weighted by molar-refractivity contribution is 5.43. The number of benzene rings is 2. The molecular weight excluding hydrogens is 264 g/mol. The fourth-order valence-corrected chi connectivity index (χ4v) is 2.17. The number of anilines is 1. The summed E-state index contributed by atoms with van der Waals surface area (Å²) in [5.41, 5.74) is 7.56. The third-order valence-corrected chi connectivity index (χ3v) is 3.12. The largest absolute Gasteiger partial charge is 0.491 e. The van der Waals surface area contributed by atoms with Gasteiger partial charge in [-0.3, -0.25) is 4.90 Å². The zero-order valence-corrected chi connectivity index (χ0v) is 12.3. The molecule has 2 aromatic carbocycles. The SMILES string of the molecule is CN(Cc1ccccc1)CC(O)COc1cccc(N)c1. The maximum Gasteiger partial charge on any atom is 0.121 e. The molecule has 4 nitrogen and oxygen atoms in total. The second-order valence-electron chi connectivity index (χ2n) is 5.22.